The highest BCUT2D eigenvalue weighted by molar-refractivity contribution is 5.36. The Morgan fingerprint density at radius 2 is 1.50 bits per heavy atom. The zero-order valence-electron chi connectivity index (χ0n) is 23.6. The molecule has 4 unspecified atom stereocenters. The molecule has 2 saturated carbocycles. The molecular formula is C34H48O4. The van der Waals surface area contributed by atoms with Crippen molar-refractivity contribution < 1.29 is 18.9 Å². The number of ether oxygens (including phenoxy) is 4. The Morgan fingerprint density at radius 3 is 2.26 bits per heavy atom. The fourth-order valence-electron chi connectivity index (χ4n) is 6.82. The molecule has 5 rings (SSSR count). The lowest BCUT2D eigenvalue weighted by molar-refractivity contribution is 0.00895. The van der Waals surface area contributed by atoms with Crippen molar-refractivity contribution in [2.45, 2.75) is 108 Å². The van der Waals surface area contributed by atoms with Crippen molar-refractivity contribution in [1.29, 1.82) is 0 Å². The number of hydrogen-bond donors (Lipinski definition) is 0. The highest BCUT2D eigenvalue weighted by Gasteiger charge is 2.29. The first-order chi connectivity index (χ1) is 18.7. The average Bonchev–Trinajstić information content (AvgIpc) is 3.71. The van der Waals surface area contributed by atoms with Gasteiger partial charge in [0.1, 0.15) is 11.9 Å². The summed E-state index contributed by atoms with van der Waals surface area (Å²) in [4.78, 5) is 0. The topological polar surface area (TPSA) is 40.2 Å². The summed E-state index contributed by atoms with van der Waals surface area (Å²) in [6.07, 6.45) is 13.9. The van der Waals surface area contributed by atoms with Crippen LogP contribution in [0.4, 0.5) is 0 Å². The van der Waals surface area contributed by atoms with Crippen molar-refractivity contribution in [3.8, 4) is 5.75 Å². The zero-order chi connectivity index (χ0) is 26.2. The molecule has 0 aromatic heterocycles. The standard InChI is InChI=1S/C34H48O4/c1-25-9-5-14-29(19-25)27-10-6-12-28(13-7-11-27)33-17-3-4-18-34(33)38-31-16-8-15-30(35-2)20-26(21-31)22-36-23-32-24-37-32/h3-5,9,14,17-19,26-28,30-32H,6-8,10-13,15-16,20-24H2,1-2H3. The Labute approximate surface area is 230 Å². The fraction of sp³-hybridized carbons (Fsp3) is 0.647. The molecule has 4 heteroatoms. The second-order valence-electron chi connectivity index (χ2n) is 12.1. The normalized spacial score (nSPS) is 30.5. The van der Waals surface area contributed by atoms with E-state index in [-0.39, 0.29) is 6.10 Å². The Balaban J connectivity index is 1.21. The summed E-state index contributed by atoms with van der Waals surface area (Å²) in [7, 11) is 1.85. The molecule has 38 heavy (non-hydrogen) atoms. The summed E-state index contributed by atoms with van der Waals surface area (Å²) < 4.78 is 24.0. The van der Waals surface area contributed by atoms with Gasteiger partial charge in [-0.05, 0) is 99.7 Å². The number of hydrogen-bond acceptors (Lipinski definition) is 4. The Morgan fingerprint density at radius 1 is 0.789 bits per heavy atom. The van der Waals surface area contributed by atoms with Gasteiger partial charge in [0, 0.05) is 13.7 Å². The van der Waals surface area contributed by atoms with E-state index in [2.05, 4.69) is 55.5 Å². The van der Waals surface area contributed by atoms with Crippen LogP contribution in [-0.4, -0.2) is 45.2 Å². The first-order valence-electron chi connectivity index (χ1n) is 15.2. The molecule has 0 N–H and O–H groups in total. The van der Waals surface area contributed by atoms with Gasteiger partial charge in [0.2, 0.25) is 0 Å². The van der Waals surface area contributed by atoms with Gasteiger partial charge in [-0.1, -0.05) is 60.9 Å². The minimum Gasteiger partial charge on any atom is -0.490 e. The molecule has 0 bridgehead atoms. The average molecular weight is 521 g/mol. The number of aryl methyl sites for hydroxylation is 1. The molecule has 2 aliphatic carbocycles. The zero-order valence-corrected chi connectivity index (χ0v) is 23.6. The van der Waals surface area contributed by atoms with Gasteiger partial charge in [0.25, 0.3) is 0 Å². The monoisotopic (exact) mass is 520 g/mol. The highest BCUT2D eigenvalue weighted by Crippen LogP contribution is 2.40. The van der Waals surface area contributed by atoms with Gasteiger partial charge >= 0.3 is 0 Å². The SMILES string of the molecule is COC1CCCC(Oc2ccccc2C2CCCC(c3cccc(C)c3)CCC2)CC(COCC2CO2)C1. The fourth-order valence-corrected chi connectivity index (χ4v) is 6.82. The van der Waals surface area contributed by atoms with Gasteiger partial charge in [0.15, 0.2) is 0 Å². The van der Waals surface area contributed by atoms with Crippen molar-refractivity contribution in [2.24, 2.45) is 5.92 Å². The number of methoxy groups -OCH3 is 1. The van der Waals surface area contributed by atoms with Crippen LogP contribution in [0.3, 0.4) is 0 Å². The van der Waals surface area contributed by atoms with Gasteiger partial charge in [-0.2, -0.15) is 0 Å². The molecule has 0 amide bonds. The maximum atomic E-state index is 6.87. The van der Waals surface area contributed by atoms with Gasteiger partial charge in [0.05, 0.1) is 25.4 Å². The van der Waals surface area contributed by atoms with Crippen molar-refractivity contribution in [2.75, 3.05) is 26.9 Å². The molecule has 2 aromatic rings. The van der Waals surface area contributed by atoms with Crippen LogP contribution in [-0.2, 0) is 14.2 Å². The molecule has 3 fully saturated rings. The van der Waals surface area contributed by atoms with E-state index in [1.54, 1.807) is 0 Å². The third-order valence-corrected chi connectivity index (χ3v) is 9.01. The molecule has 208 valence electrons. The van der Waals surface area contributed by atoms with Crippen LogP contribution >= 0.6 is 0 Å². The molecule has 4 nitrogen and oxygen atoms in total. The van der Waals surface area contributed by atoms with Crippen LogP contribution in [0.5, 0.6) is 5.75 Å². The predicted molar refractivity (Wildman–Crippen MR) is 153 cm³/mol. The largest absolute Gasteiger partial charge is 0.490 e. The quantitative estimate of drug-likeness (QED) is 0.314. The third-order valence-electron chi connectivity index (χ3n) is 9.01. The van der Waals surface area contributed by atoms with Crippen LogP contribution in [0, 0.1) is 12.8 Å². The van der Waals surface area contributed by atoms with Gasteiger partial charge in [-0.15, -0.1) is 0 Å². The van der Waals surface area contributed by atoms with Crippen molar-refractivity contribution in [1.82, 2.24) is 0 Å². The number of benzene rings is 2. The summed E-state index contributed by atoms with van der Waals surface area (Å²) in [5.41, 5.74) is 4.35. The number of para-hydroxylation sites is 1. The van der Waals surface area contributed by atoms with Crippen LogP contribution in [0.25, 0.3) is 0 Å². The molecular weight excluding hydrogens is 472 g/mol. The van der Waals surface area contributed by atoms with E-state index in [4.69, 9.17) is 18.9 Å². The lowest BCUT2D eigenvalue weighted by atomic mass is 9.80. The van der Waals surface area contributed by atoms with Crippen LogP contribution in [0.15, 0.2) is 48.5 Å². The van der Waals surface area contributed by atoms with Gasteiger partial charge < -0.3 is 18.9 Å². The lowest BCUT2D eigenvalue weighted by Crippen LogP contribution is -2.30. The van der Waals surface area contributed by atoms with E-state index in [0.717, 1.165) is 57.7 Å². The molecule has 1 heterocycles. The minimum absolute atomic E-state index is 0.235. The van der Waals surface area contributed by atoms with E-state index in [1.165, 1.54) is 55.2 Å². The number of rotatable bonds is 9. The highest BCUT2D eigenvalue weighted by atomic mass is 16.6. The van der Waals surface area contributed by atoms with Gasteiger partial charge in [-0.3, -0.25) is 0 Å². The predicted octanol–water partition coefficient (Wildman–Crippen LogP) is 7.97. The van der Waals surface area contributed by atoms with E-state index in [9.17, 15) is 0 Å². The van der Waals surface area contributed by atoms with Crippen LogP contribution in [0.2, 0.25) is 0 Å². The second-order valence-corrected chi connectivity index (χ2v) is 12.1. The first-order valence-corrected chi connectivity index (χ1v) is 15.2. The van der Waals surface area contributed by atoms with Crippen LogP contribution in [0.1, 0.15) is 99.2 Å². The lowest BCUT2D eigenvalue weighted by Gasteiger charge is -2.32. The molecule has 2 aromatic carbocycles. The van der Waals surface area contributed by atoms with E-state index < -0.39 is 0 Å². The molecule has 0 spiro atoms. The summed E-state index contributed by atoms with van der Waals surface area (Å²) in [5, 5.41) is 0. The summed E-state index contributed by atoms with van der Waals surface area (Å²) in [6, 6.07) is 18.1. The number of epoxide rings is 1. The summed E-state index contributed by atoms with van der Waals surface area (Å²) in [5.74, 6) is 2.87. The Hall–Kier alpha value is -1.88. The third kappa shape index (κ3) is 8.07. The summed E-state index contributed by atoms with van der Waals surface area (Å²) in [6.45, 7) is 4.55. The van der Waals surface area contributed by atoms with E-state index in [0.29, 0.717) is 30.0 Å². The van der Waals surface area contributed by atoms with Crippen molar-refractivity contribution in [3.05, 3.63) is 65.2 Å². The van der Waals surface area contributed by atoms with Crippen molar-refractivity contribution in [3.63, 3.8) is 0 Å². The second kappa shape index (κ2) is 14.0. The maximum Gasteiger partial charge on any atom is 0.123 e. The molecule has 3 aliphatic rings. The van der Waals surface area contributed by atoms with Gasteiger partial charge in [-0.25, -0.2) is 0 Å². The molecule has 1 aliphatic heterocycles. The maximum absolute atomic E-state index is 6.87. The molecule has 1 saturated heterocycles. The summed E-state index contributed by atoms with van der Waals surface area (Å²) >= 11 is 0. The van der Waals surface area contributed by atoms with Crippen LogP contribution < -0.4 is 4.74 Å². The van der Waals surface area contributed by atoms with E-state index in [1.807, 2.05) is 7.11 Å². The first kappa shape index (κ1) is 27.7. The van der Waals surface area contributed by atoms with E-state index >= 15 is 0 Å². The Bertz CT molecular complexity index is 976. The molecule has 4 atom stereocenters. The van der Waals surface area contributed by atoms with Crippen molar-refractivity contribution >= 4 is 0 Å². The minimum atomic E-state index is 0.235. The Kier molecular flexibility index (Phi) is 10.2. The smallest absolute Gasteiger partial charge is 0.123 e. The molecule has 0 radical (unpaired) electrons.